The van der Waals surface area contributed by atoms with E-state index in [1.54, 1.807) is 12.7 Å². The van der Waals surface area contributed by atoms with Crippen molar-refractivity contribution in [1.82, 2.24) is 5.32 Å². The number of likely N-dealkylation sites (N-methyl/N-ethyl adjacent to an activating group) is 1. The largest absolute Gasteiger partial charge is 0.496 e. The number of benzene rings is 1. The summed E-state index contributed by atoms with van der Waals surface area (Å²) >= 11 is 0. The zero-order chi connectivity index (χ0) is 15.1. The summed E-state index contributed by atoms with van der Waals surface area (Å²) in [7, 11) is 1.76. The van der Waals surface area contributed by atoms with Crippen LogP contribution in [0, 0.1) is 6.92 Å². The van der Waals surface area contributed by atoms with Gasteiger partial charge in [-0.05, 0) is 63.6 Å². The fraction of sp³-hybridized carbons (Fsp3) is 0.579. The predicted molar refractivity (Wildman–Crippen MR) is 90.1 cm³/mol. The molecule has 0 heterocycles. The fourth-order valence-corrected chi connectivity index (χ4v) is 3.24. The molecular formula is C19H29NO. The average Bonchev–Trinajstić information content (AvgIpc) is 2.49. The molecular weight excluding hydrogens is 258 g/mol. The van der Waals surface area contributed by atoms with Gasteiger partial charge in [-0.2, -0.15) is 0 Å². The van der Waals surface area contributed by atoms with Gasteiger partial charge in [-0.25, -0.2) is 0 Å². The normalized spacial score (nSPS) is 16.4. The Morgan fingerprint density at radius 1 is 1.24 bits per heavy atom. The number of hydrogen-bond acceptors (Lipinski definition) is 2. The molecule has 21 heavy (non-hydrogen) atoms. The predicted octanol–water partition coefficient (Wildman–Crippen LogP) is 4.41. The molecule has 0 fully saturated rings. The van der Waals surface area contributed by atoms with Crippen LogP contribution < -0.4 is 10.1 Å². The van der Waals surface area contributed by atoms with E-state index >= 15 is 0 Å². The van der Waals surface area contributed by atoms with E-state index < -0.39 is 0 Å². The van der Waals surface area contributed by atoms with Crippen molar-refractivity contribution < 1.29 is 4.74 Å². The molecule has 2 nitrogen and oxygen atoms in total. The zero-order valence-corrected chi connectivity index (χ0v) is 13.7. The minimum absolute atomic E-state index is 0.509. The molecule has 2 rings (SSSR count). The lowest BCUT2D eigenvalue weighted by molar-refractivity contribution is 0.404. The Hall–Kier alpha value is -1.28. The van der Waals surface area contributed by atoms with Crippen molar-refractivity contribution in [3.63, 3.8) is 0 Å². The number of allylic oxidation sites excluding steroid dienone is 1. The van der Waals surface area contributed by atoms with Gasteiger partial charge >= 0.3 is 0 Å². The van der Waals surface area contributed by atoms with Crippen LogP contribution in [0.2, 0.25) is 0 Å². The van der Waals surface area contributed by atoms with Crippen LogP contribution in [0.15, 0.2) is 29.8 Å². The summed E-state index contributed by atoms with van der Waals surface area (Å²) in [6, 6.07) is 6.98. The zero-order valence-electron chi connectivity index (χ0n) is 13.7. The summed E-state index contributed by atoms with van der Waals surface area (Å²) < 4.78 is 5.53. The summed E-state index contributed by atoms with van der Waals surface area (Å²) in [5, 5.41) is 3.65. The van der Waals surface area contributed by atoms with Crippen molar-refractivity contribution in [2.45, 2.75) is 58.4 Å². The van der Waals surface area contributed by atoms with Crippen molar-refractivity contribution >= 4 is 0 Å². The second-order valence-electron chi connectivity index (χ2n) is 6.09. The maximum absolute atomic E-state index is 5.53. The molecule has 1 aliphatic rings. The van der Waals surface area contributed by atoms with Gasteiger partial charge in [-0.1, -0.05) is 36.3 Å². The molecule has 0 radical (unpaired) electrons. The fourth-order valence-electron chi connectivity index (χ4n) is 3.24. The third-order valence-electron chi connectivity index (χ3n) is 4.29. The lowest BCUT2D eigenvalue weighted by atomic mass is 9.91. The lowest BCUT2D eigenvalue weighted by Gasteiger charge is -2.22. The molecule has 0 saturated carbocycles. The minimum Gasteiger partial charge on any atom is -0.496 e. The van der Waals surface area contributed by atoms with Gasteiger partial charge in [0.05, 0.1) is 7.11 Å². The van der Waals surface area contributed by atoms with E-state index in [2.05, 4.69) is 43.4 Å². The summed E-state index contributed by atoms with van der Waals surface area (Å²) in [4.78, 5) is 0. The standard InChI is InChI=1S/C19H29NO/c1-4-20-18(13-16-8-6-5-7-9-16)14-17-12-15(2)10-11-19(17)21-3/h8,10-12,18,20H,4-7,9,13-14H2,1-3H3. The van der Waals surface area contributed by atoms with Crippen LogP contribution in [0.3, 0.4) is 0 Å². The summed E-state index contributed by atoms with van der Waals surface area (Å²) in [6.45, 7) is 5.36. The molecule has 1 atom stereocenters. The van der Waals surface area contributed by atoms with Crippen LogP contribution in [0.1, 0.15) is 50.2 Å². The Morgan fingerprint density at radius 2 is 2.10 bits per heavy atom. The number of nitrogens with one attached hydrogen (secondary N) is 1. The van der Waals surface area contributed by atoms with E-state index in [1.165, 1.54) is 43.2 Å². The molecule has 0 saturated heterocycles. The first-order valence-corrected chi connectivity index (χ1v) is 8.27. The highest BCUT2D eigenvalue weighted by Crippen LogP contribution is 2.25. The van der Waals surface area contributed by atoms with E-state index in [9.17, 15) is 0 Å². The van der Waals surface area contributed by atoms with E-state index in [-0.39, 0.29) is 0 Å². The van der Waals surface area contributed by atoms with Crippen LogP contribution >= 0.6 is 0 Å². The van der Waals surface area contributed by atoms with E-state index in [1.807, 2.05) is 0 Å². The van der Waals surface area contributed by atoms with Crippen molar-refractivity contribution in [2.75, 3.05) is 13.7 Å². The highest BCUT2D eigenvalue weighted by Gasteiger charge is 2.15. The van der Waals surface area contributed by atoms with E-state index in [0.717, 1.165) is 18.7 Å². The molecule has 0 spiro atoms. The third-order valence-corrected chi connectivity index (χ3v) is 4.29. The molecule has 2 heteroatoms. The highest BCUT2D eigenvalue weighted by molar-refractivity contribution is 5.37. The number of methoxy groups -OCH3 is 1. The van der Waals surface area contributed by atoms with Crippen LogP contribution in [-0.4, -0.2) is 19.7 Å². The van der Waals surface area contributed by atoms with Gasteiger partial charge in [0.2, 0.25) is 0 Å². The minimum atomic E-state index is 0.509. The van der Waals surface area contributed by atoms with E-state index in [0.29, 0.717) is 6.04 Å². The van der Waals surface area contributed by atoms with Crippen molar-refractivity contribution in [3.05, 3.63) is 41.0 Å². The Kier molecular flexibility index (Phi) is 6.31. The second kappa shape index (κ2) is 8.23. The maximum atomic E-state index is 5.53. The molecule has 116 valence electrons. The third kappa shape index (κ3) is 4.89. The Bertz CT molecular complexity index is 478. The van der Waals surface area contributed by atoms with E-state index in [4.69, 9.17) is 4.74 Å². The molecule has 1 aromatic rings. The highest BCUT2D eigenvalue weighted by atomic mass is 16.5. The Balaban J connectivity index is 2.08. The number of ether oxygens (including phenoxy) is 1. The van der Waals surface area contributed by atoms with Gasteiger partial charge in [0, 0.05) is 6.04 Å². The molecule has 1 aliphatic carbocycles. The van der Waals surface area contributed by atoms with Crippen molar-refractivity contribution in [1.29, 1.82) is 0 Å². The summed E-state index contributed by atoms with van der Waals surface area (Å²) in [5.74, 6) is 1.01. The first-order chi connectivity index (χ1) is 10.2. The smallest absolute Gasteiger partial charge is 0.122 e. The van der Waals surface area contributed by atoms with Gasteiger partial charge in [-0.3, -0.25) is 0 Å². The second-order valence-corrected chi connectivity index (χ2v) is 6.09. The van der Waals surface area contributed by atoms with Gasteiger partial charge in [-0.15, -0.1) is 0 Å². The van der Waals surface area contributed by atoms with Crippen LogP contribution in [0.5, 0.6) is 5.75 Å². The van der Waals surface area contributed by atoms with Crippen LogP contribution in [-0.2, 0) is 6.42 Å². The van der Waals surface area contributed by atoms with Gasteiger partial charge in [0.15, 0.2) is 0 Å². The molecule has 0 aromatic heterocycles. The van der Waals surface area contributed by atoms with Crippen LogP contribution in [0.4, 0.5) is 0 Å². The summed E-state index contributed by atoms with van der Waals surface area (Å²) in [6.07, 6.45) is 9.94. The molecule has 0 bridgehead atoms. The summed E-state index contributed by atoms with van der Waals surface area (Å²) in [5.41, 5.74) is 4.26. The molecule has 0 aliphatic heterocycles. The number of aryl methyl sites for hydroxylation is 1. The molecule has 0 amide bonds. The number of hydrogen-bond donors (Lipinski definition) is 1. The Morgan fingerprint density at radius 3 is 2.76 bits per heavy atom. The first kappa shape index (κ1) is 16.1. The number of rotatable bonds is 7. The topological polar surface area (TPSA) is 21.3 Å². The van der Waals surface area contributed by atoms with Gasteiger partial charge < -0.3 is 10.1 Å². The van der Waals surface area contributed by atoms with Crippen LogP contribution in [0.25, 0.3) is 0 Å². The van der Waals surface area contributed by atoms with Gasteiger partial charge in [0.25, 0.3) is 0 Å². The monoisotopic (exact) mass is 287 g/mol. The van der Waals surface area contributed by atoms with Crippen molar-refractivity contribution in [3.8, 4) is 5.75 Å². The first-order valence-electron chi connectivity index (χ1n) is 8.27. The molecule has 1 unspecified atom stereocenters. The quantitative estimate of drug-likeness (QED) is 0.750. The lowest BCUT2D eigenvalue weighted by Crippen LogP contribution is -2.31. The molecule has 1 N–H and O–H groups in total. The maximum Gasteiger partial charge on any atom is 0.122 e. The average molecular weight is 287 g/mol. The molecule has 1 aromatic carbocycles. The Labute approximate surface area is 129 Å². The van der Waals surface area contributed by atoms with Gasteiger partial charge in [0.1, 0.15) is 5.75 Å². The SMILES string of the molecule is CCNC(CC1=CCCCC1)Cc1cc(C)ccc1OC. The van der Waals surface area contributed by atoms with Crippen molar-refractivity contribution in [2.24, 2.45) is 0 Å².